The van der Waals surface area contributed by atoms with Gasteiger partial charge in [0.05, 0.1) is 19.8 Å². The molecule has 1 aromatic rings. The van der Waals surface area contributed by atoms with Gasteiger partial charge in [0.1, 0.15) is 5.82 Å². The summed E-state index contributed by atoms with van der Waals surface area (Å²) in [5.41, 5.74) is 0.608. The third-order valence-electron chi connectivity index (χ3n) is 4.11. The Morgan fingerprint density at radius 2 is 1.88 bits per heavy atom. The first-order valence-electron chi connectivity index (χ1n) is 8.72. The lowest BCUT2D eigenvalue weighted by molar-refractivity contribution is -0.126. The van der Waals surface area contributed by atoms with Crippen molar-refractivity contribution in [1.29, 1.82) is 0 Å². The smallest absolute Gasteiger partial charge is 0.239 e. The van der Waals surface area contributed by atoms with Gasteiger partial charge in [-0.2, -0.15) is 0 Å². The second-order valence-corrected chi connectivity index (χ2v) is 6.03. The van der Waals surface area contributed by atoms with Gasteiger partial charge >= 0.3 is 0 Å². The van der Waals surface area contributed by atoms with Gasteiger partial charge in [0.2, 0.25) is 11.8 Å². The molecule has 6 nitrogen and oxygen atoms in total. The molecule has 25 heavy (non-hydrogen) atoms. The van der Waals surface area contributed by atoms with Crippen LogP contribution in [0.5, 0.6) is 0 Å². The highest BCUT2D eigenvalue weighted by Gasteiger charge is 2.10. The van der Waals surface area contributed by atoms with Crippen molar-refractivity contribution < 1.29 is 18.7 Å². The van der Waals surface area contributed by atoms with Gasteiger partial charge in [-0.1, -0.05) is 18.2 Å². The van der Waals surface area contributed by atoms with E-state index in [4.69, 9.17) is 4.74 Å². The van der Waals surface area contributed by atoms with Crippen LogP contribution in [0.15, 0.2) is 24.3 Å². The van der Waals surface area contributed by atoms with Crippen LogP contribution >= 0.6 is 0 Å². The standard InChI is InChI=1S/C18H26FN3O3/c19-16-6-2-1-4-15(16)5-3-7-17(23)21-14-18(24)20-8-9-22-10-12-25-13-11-22/h1-2,4,6H,3,5,7-14H2,(H,20,24)(H,21,23). The number of benzene rings is 1. The van der Waals surface area contributed by atoms with Gasteiger partial charge in [-0.3, -0.25) is 14.5 Å². The Hall–Kier alpha value is -1.99. The summed E-state index contributed by atoms with van der Waals surface area (Å²) in [6, 6.07) is 6.55. The number of carbonyl (C=O) groups excluding carboxylic acids is 2. The molecule has 0 aliphatic carbocycles. The average molecular weight is 351 g/mol. The highest BCUT2D eigenvalue weighted by Crippen LogP contribution is 2.09. The van der Waals surface area contributed by atoms with Crippen LogP contribution in [0.2, 0.25) is 0 Å². The Kier molecular flexibility index (Phi) is 8.34. The van der Waals surface area contributed by atoms with E-state index in [1.165, 1.54) is 6.07 Å². The summed E-state index contributed by atoms with van der Waals surface area (Å²) in [5.74, 6) is -0.641. The number of nitrogens with one attached hydrogen (secondary N) is 2. The van der Waals surface area contributed by atoms with Crippen LogP contribution in [0.4, 0.5) is 4.39 Å². The maximum Gasteiger partial charge on any atom is 0.239 e. The van der Waals surface area contributed by atoms with Gasteiger partial charge < -0.3 is 15.4 Å². The van der Waals surface area contributed by atoms with E-state index < -0.39 is 0 Å². The van der Waals surface area contributed by atoms with Crippen molar-refractivity contribution in [3.63, 3.8) is 0 Å². The second-order valence-electron chi connectivity index (χ2n) is 6.03. The number of ether oxygens (including phenoxy) is 1. The number of morpholine rings is 1. The highest BCUT2D eigenvalue weighted by atomic mass is 19.1. The molecule has 0 radical (unpaired) electrons. The quantitative estimate of drug-likeness (QED) is 0.688. The highest BCUT2D eigenvalue weighted by molar-refractivity contribution is 5.84. The summed E-state index contributed by atoms with van der Waals surface area (Å²) in [6.07, 6.45) is 1.33. The summed E-state index contributed by atoms with van der Waals surface area (Å²) in [5, 5.41) is 5.38. The monoisotopic (exact) mass is 351 g/mol. The van der Waals surface area contributed by atoms with E-state index in [-0.39, 0.29) is 30.6 Å². The van der Waals surface area contributed by atoms with E-state index in [0.717, 1.165) is 32.8 Å². The number of hydrogen-bond acceptors (Lipinski definition) is 4. The summed E-state index contributed by atoms with van der Waals surface area (Å²) in [6.45, 7) is 4.55. The van der Waals surface area contributed by atoms with Gasteiger partial charge in [-0.05, 0) is 24.5 Å². The molecule has 1 aromatic carbocycles. The first kappa shape index (κ1) is 19.3. The molecule has 0 atom stereocenters. The molecular weight excluding hydrogens is 325 g/mol. The van der Waals surface area contributed by atoms with Crippen molar-refractivity contribution >= 4 is 11.8 Å². The molecule has 0 spiro atoms. The molecule has 2 N–H and O–H groups in total. The number of hydrogen-bond donors (Lipinski definition) is 2. The van der Waals surface area contributed by atoms with Crippen molar-refractivity contribution in [3.8, 4) is 0 Å². The predicted octanol–water partition coefficient (Wildman–Crippen LogP) is 0.713. The zero-order valence-electron chi connectivity index (χ0n) is 14.4. The lowest BCUT2D eigenvalue weighted by Gasteiger charge is -2.26. The van der Waals surface area contributed by atoms with Gasteiger partial charge in [-0.25, -0.2) is 4.39 Å². The van der Waals surface area contributed by atoms with Crippen LogP contribution < -0.4 is 10.6 Å². The number of halogens is 1. The summed E-state index contributed by atoms with van der Waals surface area (Å²) in [4.78, 5) is 25.7. The molecule has 1 heterocycles. The van der Waals surface area contributed by atoms with E-state index in [9.17, 15) is 14.0 Å². The molecule has 1 saturated heterocycles. The number of amides is 2. The first-order valence-corrected chi connectivity index (χ1v) is 8.72. The Balaban J connectivity index is 1.52. The predicted molar refractivity (Wildman–Crippen MR) is 92.6 cm³/mol. The fraction of sp³-hybridized carbons (Fsp3) is 0.556. The fourth-order valence-corrected chi connectivity index (χ4v) is 2.65. The normalized spacial score (nSPS) is 14.9. The molecule has 0 aromatic heterocycles. The van der Waals surface area contributed by atoms with E-state index in [1.807, 2.05) is 0 Å². The minimum Gasteiger partial charge on any atom is -0.379 e. The molecule has 0 unspecified atom stereocenters. The van der Waals surface area contributed by atoms with Crippen LogP contribution in [0, 0.1) is 5.82 Å². The molecule has 7 heteroatoms. The van der Waals surface area contributed by atoms with Crippen molar-refractivity contribution in [2.24, 2.45) is 0 Å². The van der Waals surface area contributed by atoms with Crippen LogP contribution in [0.3, 0.4) is 0 Å². The van der Waals surface area contributed by atoms with Gasteiger partial charge in [0, 0.05) is 32.6 Å². The van der Waals surface area contributed by atoms with E-state index in [1.54, 1.807) is 18.2 Å². The molecule has 1 aliphatic rings. The molecule has 2 amide bonds. The fourth-order valence-electron chi connectivity index (χ4n) is 2.65. The molecule has 1 fully saturated rings. The molecule has 1 aliphatic heterocycles. The van der Waals surface area contributed by atoms with Crippen molar-refractivity contribution in [3.05, 3.63) is 35.6 Å². The van der Waals surface area contributed by atoms with E-state index >= 15 is 0 Å². The van der Waals surface area contributed by atoms with Crippen LogP contribution in [0.1, 0.15) is 18.4 Å². The van der Waals surface area contributed by atoms with Crippen LogP contribution in [0.25, 0.3) is 0 Å². The Labute approximate surface area is 147 Å². The molecule has 0 saturated carbocycles. The van der Waals surface area contributed by atoms with Gasteiger partial charge in [0.25, 0.3) is 0 Å². The second kappa shape index (κ2) is 10.8. The van der Waals surface area contributed by atoms with Crippen molar-refractivity contribution in [2.45, 2.75) is 19.3 Å². The largest absolute Gasteiger partial charge is 0.379 e. The maximum absolute atomic E-state index is 13.5. The minimum atomic E-state index is -0.248. The molecular formula is C18H26FN3O3. The minimum absolute atomic E-state index is 0.0261. The van der Waals surface area contributed by atoms with E-state index in [0.29, 0.717) is 24.9 Å². The first-order chi connectivity index (χ1) is 12.1. The number of nitrogens with zero attached hydrogens (tertiary/aromatic N) is 1. The summed E-state index contributed by atoms with van der Waals surface area (Å²) < 4.78 is 18.7. The van der Waals surface area contributed by atoms with Crippen molar-refractivity contribution in [1.82, 2.24) is 15.5 Å². The lowest BCUT2D eigenvalue weighted by Crippen LogP contribution is -2.43. The summed E-state index contributed by atoms with van der Waals surface area (Å²) >= 11 is 0. The van der Waals surface area contributed by atoms with E-state index in [2.05, 4.69) is 15.5 Å². The zero-order chi connectivity index (χ0) is 17.9. The van der Waals surface area contributed by atoms with Crippen molar-refractivity contribution in [2.75, 3.05) is 45.9 Å². The third-order valence-corrected chi connectivity index (χ3v) is 4.11. The Bertz CT molecular complexity index is 562. The summed E-state index contributed by atoms with van der Waals surface area (Å²) in [7, 11) is 0. The van der Waals surface area contributed by atoms with Crippen LogP contribution in [-0.4, -0.2) is 62.7 Å². The number of carbonyl (C=O) groups is 2. The third kappa shape index (κ3) is 7.62. The van der Waals surface area contributed by atoms with Gasteiger partial charge in [-0.15, -0.1) is 0 Å². The Morgan fingerprint density at radius 1 is 1.12 bits per heavy atom. The Morgan fingerprint density at radius 3 is 2.64 bits per heavy atom. The van der Waals surface area contributed by atoms with Gasteiger partial charge in [0.15, 0.2) is 0 Å². The van der Waals surface area contributed by atoms with Crippen LogP contribution in [-0.2, 0) is 20.7 Å². The lowest BCUT2D eigenvalue weighted by atomic mass is 10.1. The topological polar surface area (TPSA) is 70.7 Å². The molecule has 0 bridgehead atoms. The average Bonchev–Trinajstić information content (AvgIpc) is 2.62. The zero-order valence-corrected chi connectivity index (χ0v) is 14.4. The maximum atomic E-state index is 13.5. The number of rotatable bonds is 9. The SMILES string of the molecule is O=C(CCCc1ccccc1F)NCC(=O)NCCN1CCOCC1. The number of aryl methyl sites for hydroxylation is 1. The molecule has 138 valence electrons. The molecule has 2 rings (SSSR count).